The number of carbonyl (C=O) groups is 4. The third kappa shape index (κ3) is 8.53. The number of fused-ring (bicyclic) bond motifs is 1. The molecular weight excluding hydrogens is 812 g/mol. The SMILES string of the molecule is CC[C@@H]1C[C@]1(NC(=O)[C@@H]1C[C@@H](OC(=O)N2Cc3cccc(Cl)c3C2)CN1C(=O)[C@@H](Nc1cccc(S(=O)(=O)N2CCOCC2)c1)C(C)(C)C)C(=O)NS(=O)(=O)C1CC1. The van der Waals surface area contributed by atoms with Gasteiger partial charge in [0.2, 0.25) is 31.9 Å². The molecule has 0 unspecified atom stereocenters. The maximum Gasteiger partial charge on any atom is 0.410 e. The summed E-state index contributed by atoms with van der Waals surface area (Å²) in [6.45, 7) is 8.64. The van der Waals surface area contributed by atoms with Crippen molar-refractivity contribution in [2.75, 3.05) is 38.2 Å². The van der Waals surface area contributed by atoms with E-state index in [0.29, 0.717) is 30.0 Å². The number of anilines is 1. The summed E-state index contributed by atoms with van der Waals surface area (Å²) in [5, 5.41) is 5.94. The van der Waals surface area contributed by atoms with Crippen LogP contribution in [0.1, 0.15) is 70.9 Å². The molecule has 5 aliphatic rings. The summed E-state index contributed by atoms with van der Waals surface area (Å²) in [7, 11) is -7.77. The minimum atomic E-state index is -3.91. The van der Waals surface area contributed by atoms with Crippen LogP contribution >= 0.6 is 11.6 Å². The first kappa shape index (κ1) is 42.2. The standard InChI is InChI=1S/C39H51ClN6O10S2/c1-5-25-20-39(25,36(49)43-57(51,52)28-12-13-28)42-34(47)32-19-27(56-37(50)44-21-24-8-6-11-31(40)30(24)23-44)22-46(32)35(48)33(38(2,3)4)41-26-9-7-10-29(18-26)58(53,54)45-14-16-55-17-15-45/h6-11,18,25,27-28,32-33,41H,5,12-17,19-23H2,1-4H3,(H,42,47)(H,43,49)/t25-,27-,32+,33-,39-/m1/s1. The molecule has 0 spiro atoms. The van der Waals surface area contributed by atoms with E-state index in [4.69, 9.17) is 21.1 Å². The molecule has 4 amide bonds. The van der Waals surface area contributed by atoms with Gasteiger partial charge in [-0.1, -0.05) is 63.9 Å². The Morgan fingerprint density at radius 2 is 1.72 bits per heavy atom. The van der Waals surface area contributed by atoms with Gasteiger partial charge < -0.3 is 25.0 Å². The van der Waals surface area contributed by atoms with Gasteiger partial charge in [0.25, 0.3) is 5.91 Å². The first-order valence-corrected chi connectivity index (χ1v) is 23.1. The predicted octanol–water partition coefficient (Wildman–Crippen LogP) is 3.20. The van der Waals surface area contributed by atoms with Gasteiger partial charge in [-0.15, -0.1) is 0 Å². The number of hydrogen-bond donors (Lipinski definition) is 3. The average molecular weight is 863 g/mol. The number of nitrogens with one attached hydrogen (secondary N) is 3. The van der Waals surface area contributed by atoms with Crippen LogP contribution in [0.2, 0.25) is 5.02 Å². The molecule has 316 valence electrons. The predicted molar refractivity (Wildman–Crippen MR) is 213 cm³/mol. The van der Waals surface area contributed by atoms with Crippen LogP contribution in [0, 0.1) is 11.3 Å². The minimum absolute atomic E-state index is 0.0393. The van der Waals surface area contributed by atoms with Crippen molar-refractivity contribution in [1.82, 2.24) is 24.1 Å². The highest BCUT2D eigenvalue weighted by Gasteiger charge is 2.62. The topological polar surface area (TPSA) is 201 Å². The maximum atomic E-state index is 14.8. The van der Waals surface area contributed by atoms with E-state index in [1.54, 1.807) is 24.3 Å². The molecule has 5 atom stereocenters. The van der Waals surface area contributed by atoms with Gasteiger partial charge in [0.05, 0.1) is 36.4 Å². The van der Waals surface area contributed by atoms with Crippen LogP contribution in [0.4, 0.5) is 10.5 Å². The van der Waals surface area contributed by atoms with Crippen molar-refractivity contribution in [3.05, 3.63) is 58.6 Å². The van der Waals surface area contributed by atoms with E-state index in [1.807, 2.05) is 33.8 Å². The number of halogens is 1. The fraction of sp³-hybridized carbons (Fsp3) is 0.590. The van der Waals surface area contributed by atoms with Crippen LogP contribution in [-0.2, 0) is 57.0 Å². The summed E-state index contributed by atoms with van der Waals surface area (Å²) >= 11 is 6.39. The van der Waals surface area contributed by atoms with Crippen molar-refractivity contribution in [3.63, 3.8) is 0 Å². The largest absolute Gasteiger partial charge is 0.444 e. The third-order valence-corrected chi connectivity index (χ3v) is 15.8. The molecule has 16 nitrogen and oxygen atoms in total. The number of rotatable bonds is 12. The Hall–Kier alpha value is -3.97. The molecule has 58 heavy (non-hydrogen) atoms. The highest BCUT2D eigenvalue weighted by atomic mass is 35.5. The molecule has 3 N–H and O–H groups in total. The molecular formula is C39H51ClN6O10S2. The number of carbonyl (C=O) groups excluding carboxylic acids is 4. The molecule has 2 aliphatic carbocycles. The van der Waals surface area contributed by atoms with Crippen molar-refractivity contribution in [1.29, 1.82) is 0 Å². The molecule has 3 aliphatic heterocycles. The van der Waals surface area contributed by atoms with Gasteiger partial charge in [0.1, 0.15) is 23.7 Å². The number of ether oxygens (including phenoxy) is 2. The lowest BCUT2D eigenvalue weighted by Crippen LogP contribution is -2.58. The molecule has 0 aromatic heterocycles. The van der Waals surface area contributed by atoms with E-state index in [0.717, 1.165) is 11.1 Å². The van der Waals surface area contributed by atoms with Crippen LogP contribution in [0.5, 0.6) is 0 Å². The Balaban J connectivity index is 1.14. The summed E-state index contributed by atoms with van der Waals surface area (Å²) in [4.78, 5) is 59.3. The Kier molecular flexibility index (Phi) is 11.6. The van der Waals surface area contributed by atoms with Gasteiger partial charge in [0, 0.05) is 36.8 Å². The van der Waals surface area contributed by atoms with E-state index in [1.165, 1.54) is 26.2 Å². The van der Waals surface area contributed by atoms with Crippen LogP contribution in [0.25, 0.3) is 0 Å². The number of likely N-dealkylation sites (tertiary alicyclic amines) is 1. The monoisotopic (exact) mass is 862 g/mol. The first-order valence-electron chi connectivity index (χ1n) is 19.7. The number of hydrogen-bond acceptors (Lipinski definition) is 11. The number of nitrogens with zero attached hydrogens (tertiary/aromatic N) is 3. The third-order valence-electron chi connectivity index (χ3n) is 11.7. The molecule has 2 aromatic carbocycles. The lowest BCUT2D eigenvalue weighted by Gasteiger charge is -2.36. The van der Waals surface area contributed by atoms with E-state index in [2.05, 4.69) is 15.4 Å². The Bertz CT molecular complexity index is 2190. The van der Waals surface area contributed by atoms with Crippen molar-refractivity contribution >= 4 is 61.1 Å². The van der Waals surface area contributed by atoms with Gasteiger partial charge in [-0.25, -0.2) is 21.6 Å². The zero-order chi connectivity index (χ0) is 41.8. The fourth-order valence-electron chi connectivity index (χ4n) is 8.06. The Morgan fingerprint density at radius 3 is 2.36 bits per heavy atom. The van der Waals surface area contributed by atoms with Crippen molar-refractivity contribution in [3.8, 4) is 0 Å². The Morgan fingerprint density at radius 1 is 1.02 bits per heavy atom. The van der Waals surface area contributed by atoms with Crippen molar-refractivity contribution in [2.24, 2.45) is 11.3 Å². The van der Waals surface area contributed by atoms with Crippen LogP contribution in [0.15, 0.2) is 47.4 Å². The summed E-state index contributed by atoms with van der Waals surface area (Å²) in [6.07, 6.45) is -0.0571. The number of sulfonamides is 2. The minimum Gasteiger partial charge on any atom is -0.444 e. The second kappa shape index (κ2) is 15.9. The van der Waals surface area contributed by atoms with Crippen LogP contribution in [-0.4, -0.2) is 117 Å². The van der Waals surface area contributed by atoms with Crippen molar-refractivity contribution < 1.29 is 45.5 Å². The van der Waals surface area contributed by atoms with E-state index in [-0.39, 0.29) is 69.6 Å². The van der Waals surface area contributed by atoms with E-state index in [9.17, 15) is 36.0 Å². The average Bonchev–Trinajstić information content (AvgIpc) is 4.07. The van der Waals surface area contributed by atoms with E-state index >= 15 is 0 Å². The highest BCUT2D eigenvalue weighted by Crippen LogP contribution is 2.47. The van der Waals surface area contributed by atoms with Gasteiger partial charge in [-0.05, 0) is 66.0 Å². The van der Waals surface area contributed by atoms with E-state index < -0.39 is 78.3 Å². The summed E-state index contributed by atoms with van der Waals surface area (Å²) in [5.74, 6) is -2.36. The van der Waals surface area contributed by atoms with Gasteiger partial charge >= 0.3 is 6.09 Å². The lowest BCUT2D eigenvalue weighted by molar-refractivity contribution is -0.141. The van der Waals surface area contributed by atoms with Crippen molar-refractivity contribution in [2.45, 2.75) is 107 Å². The molecule has 2 saturated carbocycles. The molecule has 19 heteroatoms. The normalized spacial score (nSPS) is 25.4. The van der Waals surface area contributed by atoms with Crippen LogP contribution < -0.4 is 15.4 Å². The molecule has 0 bridgehead atoms. The summed E-state index contributed by atoms with van der Waals surface area (Å²) in [5.41, 5.74) is -0.243. The van der Waals surface area contributed by atoms with Gasteiger partial charge in [0.15, 0.2) is 0 Å². The molecule has 3 heterocycles. The second-order valence-electron chi connectivity index (χ2n) is 16.9. The quantitative estimate of drug-likeness (QED) is 0.283. The maximum absolute atomic E-state index is 14.8. The summed E-state index contributed by atoms with van der Waals surface area (Å²) in [6, 6.07) is 9.38. The second-order valence-corrected chi connectivity index (χ2v) is 21.2. The number of benzene rings is 2. The zero-order valence-electron chi connectivity index (χ0n) is 33.0. The molecule has 2 saturated heterocycles. The molecule has 4 fully saturated rings. The molecule has 2 aromatic rings. The summed E-state index contributed by atoms with van der Waals surface area (Å²) < 4.78 is 67.4. The smallest absolute Gasteiger partial charge is 0.410 e. The highest BCUT2D eigenvalue weighted by molar-refractivity contribution is 7.91. The fourth-order valence-corrected chi connectivity index (χ4v) is 11.1. The number of morpholine rings is 1. The zero-order valence-corrected chi connectivity index (χ0v) is 35.4. The Labute approximate surface area is 344 Å². The molecule has 7 rings (SSSR count). The van der Waals surface area contributed by atoms with Crippen LogP contribution in [0.3, 0.4) is 0 Å². The molecule has 0 radical (unpaired) electrons. The number of amides is 4. The van der Waals surface area contributed by atoms with Gasteiger partial charge in [-0.3, -0.25) is 24.0 Å². The first-order chi connectivity index (χ1) is 27.3. The van der Waals surface area contributed by atoms with Gasteiger partial charge in [-0.2, -0.15) is 4.31 Å². The lowest BCUT2D eigenvalue weighted by atomic mass is 9.85.